The minimum Gasteiger partial charge on any atom is -0.497 e. The first-order valence-corrected chi connectivity index (χ1v) is 8.18. The fourth-order valence-corrected chi connectivity index (χ4v) is 2.72. The van der Waals surface area contributed by atoms with E-state index in [0.717, 1.165) is 11.3 Å². The topological polar surface area (TPSA) is 71.8 Å². The number of nitrogens with zero attached hydrogens (tertiary/aromatic N) is 1. The van der Waals surface area contributed by atoms with Gasteiger partial charge < -0.3 is 9.15 Å². The number of carbonyl (C=O) groups is 2. The van der Waals surface area contributed by atoms with Crippen molar-refractivity contribution in [3.63, 3.8) is 0 Å². The molecule has 0 atom stereocenters. The van der Waals surface area contributed by atoms with Crippen molar-refractivity contribution in [3.05, 3.63) is 60.4 Å². The van der Waals surface area contributed by atoms with Crippen molar-refractivity contribution < 1.29 is 18.7 Å². The van der Waals surface area contributed by atoms with Gasteiger partial charge in [-0.1, -0.05) is 6.08 Å². The van der Waals surface area contributed by atoms with Crippen LogP contribution in [0.4, 0.5) is 0 Å². The highest BCUT2D eigenvalue weighted by atomic mass is 32.1. The number of amides is 2. The highest BCUT2D eigenvalue weighted by Gasteiger charge is 2.32. The lowest BCUT2D eigenvalue weighted by atomic mass is 10.1. The number of hydrogen-bond acceptors (Lipinski definition) is 5. The van der Waals surface area contributed by atoms with Gasteiger partial charge in [-0.3, -0.25) is 19.8 Å². The van der Waals surface area contributed by atoms with Gasteiger partial charge in [-0.05, 0) is 54.7 Å². The number of rotatable bonds is 5. The summed E-state index contributed by atoms with van der Waals surface area (Å²) in [5.74, 6) is 0.705. The van der Waals surface area contributed by atoms with Crippen molar-refractivity contribution >= 4 is 35.2 Å². The Kier molecular flexibility index (Phi) is 4.99. The summed E-state index contributed by atoms with van der Waals surface area (Å²) in [5, 5.41) is 2.56. The minimum atomic E-state index is -0.553. The van der Waals surface area contributed by atoms with Gasteiger partial charge in [-0.25, -0.2) is 0 Å². The van der Waals surface area contributed by atoms with Crippen LogP contribution in [0.25, 0.3) is 17.4 Å². The van der Waals surface area contributed by atoms with Gasteiger partial charge in [0.15, 0.2) is 5.11 Å². The van der Waals surface area contributed by atoms with Crippen LogP contribution in [-0.4, -0.2) is 35.5 Å². The molecule has 1 aromatic carbocycles. The van der Waals surface area contributed by atoms with Crippen molar-refractivity contribution in [2.75, 3.05) is 13.7 Å². The van der Waals surface area contributed by atoms with Crippen LogP contribution in [0.5, 0.6) is 5.75 Å². The largest absolute Gasteiger partial charge is 0.497 e. The third-order valence-corrected chi connectivity index (χ3v) is 4.11. The van der Waals surface area contributed by atoms with E-state index in [9.17, 15) is 9.59 Å². The van der Waals surface area contributed by atoms with Gasteiger partial charge >= 0.3 is 0 Å². The second-order valence-electron chi connectivity index (χ2n) is 5.45. The highest BCUT2D eigenvalue weighted by Crippen LogP contribution is 2.26. The molecule has 0 aliphatic carbocycles. The second kappa shape index (κ2) is 7.37. The Hall–Kier alpha value is -3.19. The summed E-state index contributed by atoms with van der Waals surface area (Å²) in [5.41, 5.74) is 0.806. The first-order valence-electron chi connectivity index (χ1n) is 7.77. The number of hydrogen-bond donors (Lipinski definition) is 1. The molecule has 0 radical (unpaired) electrons. The monoisotopic (exact) mass is 368 g/mol. The average molecular weight is 368 g/mol. The first kappa shape index (κ1) is 17.6. The van der Waals surface area contributed by atoms with Gasteiger partial charge in [0.25, 0.3) is 11.8 Å². The van der Waals surface area contributed by atoms with Crippen LogP contribution in [0.3, 0.4) is 0 Å². The molecular formula is C19H16N2O4S. The summed E-state index contributed by atoms with van der Waals surface area (Å²) in [6.07, 6.45) is 2.94. The van der Waals surface area contributed by atoms with Crippen molar-refractivity contribution in [1.29, 1.82) is 0 Å². The first-order chi connectivity index (χ1) is 12.5. The smallest absolute Gasteiger partial charge is 0.266 e. The molecule has 1 aromatic heterocycles. The number of thiocarbonyl (C=S) groups is 1. The van der Waals surface area contributed by atoms with E-state index in [1.807, 2.05) is 24.3 Å². The average Bonchev–Trinajstić information content (AvgIpc) is 3.11. The molecule has 1 aliphatic rings. The van der Waals surface area contributed by atoms with Crippen LogP contribution < -0.4 is 10.1 Å². The summed E-state index contributed by atoms with van der Waals surface area (Å²) in [4.78, 5) is 25.9. The van der Waals surface area contributed by atoms with Crippen LogP contribution in [0, 0.1) is 0 Å². The van der Waals surface area contributed by atoms with E-state index in [-0.39, 0.29) is 17.2 Å². The SMILES string of the molecule is C=CCN1C(=O)/C(=C\c2ccc(-c3ccc(OC)cc3)o2)C(=O)NC1=S. The number of furan rings is 1. The number of ether oxygens (including phenoxy) is 1. The molecule has 3 rings (SSSR count). The van der Waals surface area contributed by atoms with E-state index in [1.165, 1.54) is 17.1 Å². The maximum Gasteiger partial charge on any atom is 0.266 e. The molecule has 6 nitrogen and oxygen atoms in total. The molecule has 0 spiro atoms. The van der Waals surface area contributed by atoms with E-state index in [0.29, 0.717) is 11.5 Å². The lowest BCUT2D eigenvalue weighted by Crippen LogP contribution is -2.53. The molecule has 132 valence electrons. The Bertz CT molecular complexity index is 912. The summed E-state index contributed by atoms with van der Waals surface area (Å²) >= 11 is 5.02. The van der Waals surface area contributed by atoms with E-state index < -0.39 is 11.8 Å². The summed E-state index contributed by atoms with van der Waals surface area (Å²) in [6, 6.07) is 10.8. The quantitative estimate of drug-likeness (QED) is 0.380. The predicted molar refractivity (Wildman–Crippen MR) is 101 cm³/mol. The molecule has 2 heterocycles. The number of benzene rings is 1. The highest BCUT2D eigenvalue weighted by molar-refractivity contribution is 7.80. The summed E-state index contributed by atoms with van der Waals surface area (Å²) in [7, 11) is 1.60. The zero-order valence-corrected chi connectivity index (χ0v) is 14.8. The molecule has 1 fully saturated rings. The van der Waals surface area contributed by atoms with Crippen molar-refractivity contribution in [2.45, 2.75) is 0 Å². The number of nitrogens with one attached hydrogen (secondary N) is 1. The summed E-state index contributed by atoms with van der Waals surface area (Å²) in [6.45, 7) is 3.80. The van der Waals surface area contributed by atoms with Crippen LogP contribution >= 0.6 is 12.2 Å². The molecule has 2 aromatic rings. The Balaban J connectivity index is 1.88. The zero-order chi connectivity index (χ0) is 18.7. The lowest BCUT2D eigenvalue weighted by molar-refractivity contribution is -0.128. The molecule has 0 bridgehead atoms. The molecule has 1 aliphatic heterocycles. The summed E-state index contributed by atoms with van der Waals surface area (Å²) < 4.78 is 10.9. The van der Waals surface area contributed by atoms with Gasteiger partial charge in [-0.2, -0.15) is 0 Å². The van der Waals surface area contributed by atoms with E-state index in [1.54, 1.807) is 19.2 Å². The fourth-order valence-electron chi connectivity index (χ4n) is 2.47. The van der Waals surface area contributed by atoms with E-state index in [2.05, 4.69) is 11.9 Å². The molecule has 1 saturated heterocycles. The second-order valence-corrected chi connectivity index (χ2v) is 5.84. The van der Waals surface area contributed by atoms with Gasteiger partial charge in [0.1, 0.15) is 22.8 Å². The zero-order valence-electron chi connectivity index (χ0n) is 14.0. The molecular weight excluding hydrogens is 352 g/mol. The van der Waals surface area contributed by atoms with Gasteiger partial charge in [0.2, 0.25) is 0 Å². The number of methoxy groups -OCH3 is 1. The lowest BCUT2D eigenvalue weighted by Gasteiger charge is -2.27. The fraction of sp³-hybridized carbons (Fsp3) is 0.105. The minimum absolute atomic E-state index is 0.0453. The van der Waals surface area contributed by atoms with Crippen molar-refractivity contribution in [3.8, 4) is 17.1 Å². The Morgan fingerprint density at radius 2 is 1.96 bits per heavy atom. The van der Waals surface area contributed by atoms with Gasteiger partial charge in [-0.15, -0.1) is 6.58 Å². The van der Waals surface area contributed by atoms with Gasteiger partial charge in [0, 0.05) is 12.1 Å². The maximum absolute atomic E-state index is 12.5. The number of carbonyl (C=O) groups excluding carboxylic acids is 2. The molecule has 26 heavy (non-hydrogen) atoms. The van der Waals surface area contributed by atoms with E-state index in [4.69, 9.17) is 21.4 Å². The van der Waals surface area contributed by atoms with Crippen LogP contribution in [0.2, 0.25) is 0 Å². The predicted octanol–water partition coefficient (Wildman–Crippen LogP) is 2.77. The van der Waals surface area contributed by atoms with Crippen LogP contribution in [0.15, 0.2) is 59.0 Å². The molecule has 7 heteroatoms. The Morgan fingerprint density at radius 1 is 1.23 bits per heavy atom. The van der Waals surface area contributed by atoms with Crippen LogP contribution in [-0.2, 0) is 9.59 Å². The third kappa shape index (κ3) is 3.43. The normalized spacial score (nSPS) is 16.0. The molecule has 0 unspecified atom stereocenters. The van der Waals surface area contributed by atoms with Crippen LogP contribution in [0.1, 0.15) is 5.76 Å². The van der Waals surface area contributed by atoms with Crippen molar-refractivity contribution in [1.82, 2.24) is 10.2 Å². The Morgan fingerprint density at radius 3 is 2.62 bits per heavy atom. The Labute approximate surface area is 155 Å². The van der Waals surface area contributed by atoms with E-state index >= 15 is 0 Å². The van der Waals surface area contributed by atoms with Gasteiger partial charge in [0.05, 0.1) is 7.11 Å². The van der Waals surface area contributed by atoms with Crippen molar-refractivity contribution in [2.24, 2.45) is 0 Å². The molecule has 2 amide bonds. The molecule has 0 saturated carbocycles. The third-order valence-electron chi connectivity index (χ3n) is 3.79. The molecule has 1 N–H and O–H groups in total. The maximum atomic E-state index is 12.5. The standard InChI is InChI=1S/C19H16N2O4S/c1-3-10-21-18(23)15(17(22)20-19(21)26)11-14-8-9-16(25-14)12-4-6-13(24-2)7-5-12/h3-9,11H,1,10H2,2H3,(H,20,22,26)/b15-11-.